The van der Waals surface area contributed by atoms with E-state index in [1.54, 1.807) is 0 Å². The van der Waals surface area contributed by atoms with E-state index < -0.39 is 29.8 Å². The van der Waals surface area contributed by atoms with Crippen molar-refractivity contribution in [3.05, 3.63) is 0 Å². The normalized spacial score (nSPS) is 59.2. The van der Waals surface area contributed by atoms with E-state index in [9.17, 15) is 8.78 Å². The third-order valence-corrected chi connectivity index (χ3v) is 2.46. The summed E-state index contributed by atoms with van der Waals surface area (Å²) in [6, 6.07) is 0. The summed E-state index contributed by atoms with van der Waals surface area (Å²) in [5.74, 6) is -3.32. The highest BCUT2D eigenvalue weighted by atomic mass is 19.3. The largest absolute Gasteiger partial charge is 0.387 e. The molecule has 2 aliphatic rings. The molecule has 1 saturated carbocycles. The van der Waals surface area contributed by atoms with Crippen LogP contribution in [0, 0.1) is 0 Å². The standard InChI is InChI=1S/C6H8F2O3/c1-2-6(7,8)5(10)3(9)4(5)11-2/h2-4,9-10H,1H3/t2-,3?,4+,5+/m0/s1. The second-order valence-corrected chi connectivity index (χ2v) is 3.09. The van der Waals surface area contributed by atoms with Crippen LogP contribution in [0.5, 0.6) is 0 Å². The van der Waals surface area contributed by atoms with Gasteiger partial charge in [0, 0.05) is 0 Å². The molecule has 2 rings (SSSR count). The number of ether oxygens (including phenoxy) is 1. The predicted octanol–water partition coefficient (Wildman–Crippen LogP) is -0.485. The van der Waals surface area contributed by atoms with E-state index in [4.69, 9.17) is 10.2 Å². The summed E-state index contributed by atoms with van der Waals surface area (Å²) in [6.45, 7) is 1.18. The van der Waals surface area contributed by atoms with E-state index in [-0.39, 0.29) is 0 Å². The number of aliphatic hydroxyl groups is 2. The first-order valence-corrected chi connectivity index (χ1v) is 3.36. The van der Waals surface area contributed by atoms with Gasteiger partial charge < -0.3 is 14.9 Å². The fourth-order valence-corrected chi connectivity index (χ4v) is 1.52. The molecule has 2 N–H and O–H groups in total. The van der Waals surface area contributed by atoms with Crippen LogP contribution in [0.25, 0.3) is 0 Å². The van der Waals surface area contributed by atoms with Crippen molar-refractivity contribution in [2.75, 3.05) is 0 Å². The van der Waals surface area contributed by atoms with Crippen LogP contribution in [0.2, 0.25) is 0 Å². The summed E-state index contributed by atoms with van der Waals surface area (Å²) in [6.07, 6.45) is -3.82. The van der Waals surface area contributed by atoms with E-state index in [2.05, 4.69) is 4.74 Å². The van der Waals surface area contributed by atoms with Crippen molar-refractivity contribution in [1.29, 1.82) is 0 Å². The first kappa shape index (κ1) is 7.39. The lowest BCUT2D eigenvalue weighted by molar-refractivity contribution is -0.166. The number of aliphatic hydroxyl groups excluding tert-OH is 1. The number of rotatable bonds is 0. The minimum Gasteiger partial charge on any atom is -0.387 e. The van der Waals surface area contributed by atoms with Gasteiger partial charge in [-0.1, -0.05) is 0 Å². The second kappa shape index (κ2) is 1.57. The number of halogens is 2. The van der Waals surface area contributed by atoms with Gasteiger partial charge in [0.2, 0.25) is 0 Å². The van der Waals surface area contributed by atoms with Crippen molar-refractivity contribution < 1.29 is 23.7 Å². The Bertz CT molecular complexity index is 205. The monoisotopic (exact) mass is 166 g/mol. The summed E-state index contributed by atoms with van der Waals surface area (Å²) in [5, 5.41) is 17.9. The zero-order valence-corrected chi connectivity index (χ0v) is 5.79. The third kappa shape index (κ3) is 0.544. The molecule has 2 fully saturated rings. The van der Waals surface area contributed by atoms with Crippen molar-refractivity contribution >= 4 is 0 Å². The maximum atomic E-state index is 12.9. The smallest absolute Gasteiger partial charge is 0.306 e. The fourth-order valence-electron chi connectivity index (χ4n) is 1.52. The van der Waals surface area contributed by atoms with Crippen LogP contribution in [0.4, 0.5) is 8.78 Å². The fraction of sp³-hybridized carbons (Fsp3) is 1.00. The Hall–Kier alpha value is -0.260. The quantitative estimate of drug-likeness (QED) is 0.510. The van der Waals surface area contributed by atoms with Gasteiger partial charge in [-0.2, -0.15) is 0 Å². The predicted molar refractivity (Wildman–Crippen MR) is 30.2 cm³/mol. The van der Waals surface area contributed by atoms with E-state index in [0.717, 1.165) is 0 Å². The summed E-state index contributed by atoms with van der Waals surface area (Å²) in [5.41, 5.74) is -2.31. The average molecular weight is 166 g/mol. The van der Waals surface area contributed by atoms with Crippen LogP contribution < -0.4 is 0 Å². The molecule has 1 unspecified atom stereocenters. The van der Waals surface area contributed by atoms with E-state index in [0.29, 0.717) is 0 Å². The Morgan fingerprint density at radius 3 is 2.27 bits per heavy atom. The molecule has 0 aromatic rings. The molecule has 11 heavy (non-hydrogen) atoms. The van der Waals surface area contributed by atoms with Gasteiger partial charge in [-0.05, 0) is 6.92 Å². The number of hydrogen-bond acceptors (Lipinski definition) is 3. The lowest BCUT2D eigenvalue weighted by atomic mass is 10.1. The van der Waals surface area contributed by atoms with Crippen molar-refractivity contribution in [2.45, 2.75) is 36.8 Å². The molecular formula is C6H8F2O3. The summed E-state index contributed by atoms with van der Waals surface area (Å²) in [7, 11) is 0. The molecule has 5 heteroatoms. The lowest BCUT2D eigenvalue weighted by Gasteiger charge is -2.21. The molecule has 0 radical (unpaired) electrons. The molecule has 0 aromatic carbocycles. The van der Waals surface area contributed by atoms with Gasteiger partial charge in [0.25, 0.3) is 0 Å². The van der Waals surface area contributed by atoms with Crippen LogP contribution in [0.1, 0.15) is 6.92 Å². The Morgan fingerprint density at radius 2 is 2.00 bits per heavy atom. The maximum Gasteiger partial charge on any atom is 0.306 e. The topological polar surface area (TPSA) is 49.7 Å². The molecule has 1 heterocycles. The highest BCUT2D eigenvalue weighted by molar-refractivity contribution is 5.28. The Balaban J connectivity index is 2.32. The molecule has 1 aliphatic heterocycles. The Labute approximate surface area is 61.6 Å². The molecule has 0 aromatic heterocycles. The van der Waals surface area contributed by atoms with Crippen LogP contribution in [-0.2, 0) is 4.74 Å². The lowest BCUT2D eigenvalue weighted by Crippen LogP contribution is -2.44. The van der Waals surface area contributed by atoms with Gasteiger partial charge >= 0.3 is 5.92 Å². The highest BCUT2D eigenvalue weighted by Gasteiger charge is 2.84. The summed E-state index contributed by atoms with van der Waals surface area (Å²) >= 11 is 0. The van der Waals surface area contributed by atoms with Crippen molar-refractivity contribution in [3.8, 4) is 0 Å². The molecule has 0 bridgehead atoms. The molecule has 1 saturated heterocycles. The first-order valence-electron chi connectivity index (χ1n) is 3.36. The van der Waals surface area contributed by atoms with Crippen LogP contribution in [0.15, 0.2) is 0 Å². The van der Waals surface area contributed by atoms with E-state index >= 15 is 0 Å². The van der Waals surface area contributed by atoms with Gasteiger partial charge in [-0.3, -0.25) is 0 Å². The van der Waals surface area contributed by atoms with Gasteiger partial charge in [-0.25, -0.2) is 8.78 Å². The van der Waals surface area contributed by atoms with Crippen molar-refractivity contribution in [2.24, 2.45) is 0 Å². The maximum absolute atomic E-state index is 12.9. The molecule has 4 atom stereocenters. The van der Waals surface area contributed by atoms with Crippen LogP contribution in [0.3, 0.4) is 0 Å². The zero-order chi connectivity index (χ0) is 8.44. The van der Waals surface area contributed by atoms with E-state index in [1.807, 2.05) is 0 Å². The average Bonchev–Trinajstić information content (AvgIpc) is 2.35. The second-order valence-electron chi connectivity index (χ2n) is 3.09. The summed E-state index contributed by atoms with van der Waals surface area (Å²) in [4.78, 5) is 0. The van der Waals surface area contributed by atoms with Crippen molar-refractivity contribution in [3.63, 3.8) is 0 Å². The molecule has 1 aliphatic carbocycles. The molecular weight excluding hydrogens is 158 g/mol. The third-order valence-electron chi connectivity index (χ3n) is 2.46. The molecule has 3 nitrogen and oxygen atoms in total. The molecule has 0 amide bonds. The van der Waals surface area contributed by atoms with Crippen LogP contribution in [-0.4, -0.2) is 40.0 Å². The molecule has 64 valence electrons. The molecule has 0 spiro atoms. The van der Waals surface area contributed by atoms with Gasteiger partial charge in [-0.15, -0.1) is 0 Å². The zero-order valence-electron chi connectivity index (χ0n) is 5.79. The SMILES string of the molecule is C[C@@H]1O[C@@H]2C(O)[C@]2(O)C1(F)F. The Morgan fingerprint density at radius 1 is 1.45 bits per heavy atom. The number of alkyl halides is 2. The number of hydrogen-bond donors (Lipinski definition) is 2. The number of fused-ring (bicyclic) bond motifs is 1. The minimum absolute atomic E-state index is 1.09. The van der Waals surface area contributed by atoms with Gasteiger partial charge in [0.15, 0.2) is 5.60 Å². The Kier molecular flexibility index (Phi) is 1.06. The summed E-state index contributed by atoms with van der Waals surface area (Å²) < 4.78 is 30.4. The van der Waals surface area contributed by atoms with Crippen LogP contribution >= 0.6 is 0 Å². The first-order chi connectivity index (χ1) is 4.92. The van der Waals surface area contributed by atoms with Crippen molar-refractivity contribution in [1.82, 2.24) is 0 Å². The van der Waals surface area contributed by atoms with E-state index in [1.165, 1.54) is 6.92 Å². The minimum atomic E-state index is -3.32. The van der Waals surface area contributed by atoms with Gasteiger partial charge in [0.1, 0.15) is 18.3 Å². The highest BCUT2D eigenvalue weighted by Crippen LogP contribution is 2.58. The van der Waals surface area contributed by atoms with Gasteiger partial charge in [0.05, 0.1) is 0 Å².